The van der Waals surface area contributed by atoms with E-state index in [9.17, 15) is 34.8 Å². The van der Waals surface area contributed by atoms with Gasteiger partial charge >= 0.3 is 0 Å². The van der Waals surface area contributed by atoms with Crippen molar-refractivity contribution in [1.29, 1.82) is 0 Å². The molecule has 2 fully saturated rings. The Morgan fingerprint density at radius 3 is 2.54 bits per heavy atom. The lowest BCUT2D eigenvalue weighted by molar-refractivity contribution is -0.153. The highest BCUT2D eigenvalue weighted by molar-refractivity contribution is 6.24. The first kappa shape index (κ1) is 25.8. The number of primary amides is 1. The van der Waals surface area contributed by atoms with Crippen molar-refractivity contribution in [2.24, 2.45) is 23.0 Å². The zero-order chi connectivity index (χ0) is 28.3. The monoisotopic (exact) mass is 542 g/mol. The summed E-state index contributed by atoms with van der Waals surface area (Å²) in [6.07, 6.45) is 0.615. The highest BCUT2D eigenvalue weighted by Gasteiger charge is 2.64. The second-order valence-electron chi connectivity index (χ2n) is 11.9. The smallest absolute Gasteiger partial charge is 0.255 e. The van der Waals surface area contributed by atoms with Gasteiger partial charge in [0.25, 0.3) is 5.91 Å². The van der Waals surface area contributed by atoms with Crippen LogP contribution in [0, 0.1) is 23.1 Å². The number of fused-ring (bicyclic) bond motifs is 6. The number of aromatic hydroxyl groups is 1. The number of likely N-dealkylation sites (N-methyl/N-ethyl adjacent to an activating group) is 1. The molecule has 208 valence electrons. The van der Waals surface area contributed by atoms with Gasteiger partial charge in [-0.3, -0.25) is 19.3 Å². The van der Waals surface area contributed by atoms with E-state index >= 15 is 4.39 Å². The fourth-order valence-electron chi connectivity index (χ4n) is 7.63. The van der Waals surface area contributed by atoms with E-state index in [2.05, 4.69) is 10.6 Å². The molecule has 0 radical (unpaired) electrons. The van der Waals surface area contributed by atoms with Crippen molar-refractivity contribution >= 4 is 28.9 Å². The molecule has 2 aliphatic heterocycles. The Hall–Kier alpha value is -3.48. The van der Waals surface area contributed by atoms with Gasteiger partial charge in [-0.05, 0) is 45.8 Å². The molecular formula is C27H31FN4O7. The number of rotatable bonds is 2. The second-order valence-corrected chi connectivity index (χ2v) is 11.9. The molecular weight excluding hydrogens is 511 g/mol. The van der Waals surface area contributed by atoms with Gasteiger partial charge in [0.2, 0.25) is 5.78 Å². The van der Waals surface area contributed by atoms with Crippen molar-refractivity contribution in [1.82, 2.24) is 10.2 Å². The van der Waals surface area contributed by atoms with Crippen LogP contribution < -0.4 is 16.4 Å². The van der Waals surface area contributed by atoms with Crippen molar-refractivity contribution in [2.75, 3.05) is 32.5 Å². The van der Waals surface area contributed by atoms with Gasteiger partial charge in [-0.25, -0.2) is 4.39 Å². The number of aliphatic hydroxyl groups is 3. The van der Waals surface area contributed by atoms with E-state index < -0.39 is 69.6 Å². The number of amides is 1. The quantitative estimate of drug-likeness (QED) is 0.206. The van der Waals surface area contributed by atoms with Crippen LogP contribution in [0.15, 0.2) is 16.9 Å². The molecule has 6 rings (SSSR count). The van der Waals surface area contributed by atoms with Crippen LogP contribution in [0.3, 0.4) is 0 Å². The molecule has 1 aromatic carbocycles. The lowest BCUT2D eigenvalue weighted by Crippen LogP contribution is -2.65. The number of carbonyl (C=O) groups excluding carboxylic acids is 3. The van der Waals surface area contributed by atoms with Crippen molar-refractivity contribution in [2.45, 2.75) is 43.9 Å². The minimum Gasteiger partial charge on any atom is -0.508 e. The Morgan fingerprint density at radius 2 is 1.90 bits per heavy atom. The standard InChI is InChI=1S/C27H31FN4O7/c1-26-4-5-30-22(26)14-16(28)10-6-9-7-11-18(32(2)3)21(35)15(25(29)38)24(37)27(11,39)23(36)12(9)19(33)13(10)20(34)17(14)31-8-26/h9,11,18,22,30-31,33-34,37,39H,4-8H2,1-3H3,(H2,29,38)/t9-,11-,18-,22?,26?,27-/m0/s1. The first-order valence-electron chi connectivity index (χ1n) is 12.9. The number of anilines is 1. The number of benzene rings is 1. The molecule has 2 unspecified atom stereocenters. The summed E-state index contributed by atoms with van der Waals surface area (Å²) in [5.41, 5.74) is 1.32. The molecule has 39 heavy (non-hydrogen) atoms. The van der Waals surface area contributed by atoms with Gasteiger partial charge in [-0.15, -0.1) is 0 Å². The zero-order valence-electron chi connectivity index (χ0n) is 21.8. The van der Waals surface area contributed by atoms with Gasteiger partial charge < -0.3 is 36.8 Å². The molecule has 5 aliphatic rings. The van der Waals surface area contributed by atoms with Crippen LogP contribution in [-0.4, -0.2) is 81.6 Å². The fraction of sp³-hybridized carbons (Fsp3) is 0.519. The van der Waals surface area contributed by atoms with E-state index in [1.165, 1.54) is 19.0 Å². The van der Waals surface area contributed by atoms with Crippen LogP contribution in [0.4, 0.5) is 10.1 Å². The van der Waals surface area contributed by atoms with Gasteiger partial charge in [0, 0.05) is 40.6 Å². The number of Topliss-reactive ketones (excluding diaryl/α,β-unsaturated/α-hetero) is 2. The largest absolute Gasteiger partial charge is 0.508 e. The van der Waals surface area contributed by atoms with Crippen LogP contribution in [0.25, 0.3) is 5.76 Å². The van der Waals surface area contributed by atoms with E-state index in [-0.39, 0.29) is 52.2 Å². The molecule has 12 heteroatoms. The first-order chi connectivity index (χ1) is 18.3. The minimum absolute atomic E-state index is 0.0385. The number of hydrogen-bond donors (Lipinski definition) is 7. The number of aliphatic hydroxyl groups excluding tert-OH is 2. The Kier molecular flexibility index (Phi) is 5.30. The Balaban J connectivity index is 1.56. The highest BCUT2D eigenvalue weighted by atomic mass is 19.1. The van der Waals surface area contributed by atoms with Gasteiger partial charge in [0.05, 0.1) is 17.3 Å². The number of phenolic OH excluding ortho intramolecular Hbond substituents is 1. The number of hydrogen-bond acceptors (Lipinski definition) is 10. The van der Waals surface area contributed by atoms with E-state index in [4.69, 9.17) is 5.73 Å². The minimum atomic E-state index is -2.74. The maximum atomic E-state index is 16.3. The molecule has 1 saturated heterocycles. The van der Waals surface area contributed by atoms with Crippen molar-refractivity contribution in [3.8, 4) is 5.75 Å². The summed E-state index contributed by atoms with van der Waals surface area (Å²) in [6.45, 7) is 3.16. The number of ketones is 2. The highest BCUT2D eigenvalue weighted by Crippen LogP contribution is 2.57. The average Bonchev–Trinajstić information content (AvgIpc) is 3.25. The van der Waals surface area contributed by atoms with Gasteiger partial charge in [-0.1, -0.05) is 6.92 Å². The van der Waals surface area contributed by atoms with E-state index in [1.54, 1.807) is 0 Å². The number of phenols is 1. The fourth-order valence-corrected chi connectivity index (χ4v) is 7.63. The third-order valence-electron chi connectivity index (χ3n) is 9.56. The molecule has 0 bridgehead atoms. The average molecular weight is 543 g/mol. The van der Waals surface area contributed by atoms with Crippen LogP contribution in [0.5, 0.6) is 5.75 Å². The van der Waals surface area contributed by atoms with E-state index in [0.29, 0.717) is 13.1 Å². The van der Waals surface area contributed by atoms with Gasteiger partial charge in [-0.2, -0.15) is 0 Å². The Morgan fingerprint density at radius 1 is 1.21 bits per heavy atom. The number of nitrogens with one attached hydrogen (secondary N) is 2. The summed E-state index contributed by atoms with van der Waals surface area (Å²) in [5, 5.41) is 51.7. The predicted octanol–water partition coefficient (Wildman–Crippen LogP) is 0.569. The molecule has 0 aromatic heterocycles. The number of nitrogens with zero attached hydrogens (tertiary/aromatic N) is 1. The zero-order valence-corrected chi connectivity index (χ0v) is 21.8. The maximum Gasteiger partial charge on any atom is 0.255 e. The topological polar surface area (TPSA) is 185 Å². The van der Waals surface area contributed by atoms with Crippen molar-refractivity contribution < 1.29 is 39.2 Å². The van der Waals surface area contributed by atoms with E-state index in [0.717, 1.165) is 6.42 Å². The summed E-state index contributed by atoms with van der Waals surface area (Å²) >= 11 is 0. The molecule has 3 aliphatic carbocycles. The molecule has 1 aromatic rings. The Bertz CT molecular complexity index is 1450. The van der Waals surface area contributed by atoms with Crippen LogP contribution in [0.2, 0.25) is 0 Å². The summed E-state index contributed by atoms with van der Waals surface area (Å²) in [4.78, 5) is 40.6. The van der Waals surface area contributed by atoms with Gasteiger partial charge in [0.1, 0.15) is 28.7 Å². The summed E-state index contributed by atoms with van der Waals surface area (Å²) in [5.74, 6) is -8.20. The third-order valence-corrected chi connectivity index (χ3v) is 9.56. The molecule has 1 amide bonds. The molecule has 2 heterocycles. The van der Waals surface area contributed by atoms with Crippen molar-refractivity contribution in [3.05, 3.63) is 39.4 Å². The number of nitrogens with two attached hydrogens (primary N) is 1. The summed E-state index contributed by atoms with van der Waals surface area (Å²) < 4.78 is 16.3. The van der Waals surface area contributed by atoms with Crippen LogP contribution in [-0.2, 0) is 20.8 Å². The number of halogens is 1. The SMILES string of the molecule is CN(C)[C@@H]1C(=O)C(C(N)=O)=C(O)[C@@]2(O)C(=O)C3=C(O)c4c(O)c5c(c(F)c4C[C@H]3C[C@@H]12)C1NCCC1(C)CN5. The molecule has 11 nitrogen and oxygen atoms in total. The maximum absolute atomic E-state index is 16.3. The van der Waals surface area contributed by atoms with E-state index in [1.807, 2.05) is 6.92 Å². The van der Waals surface area contributed by atoms with Gasteiger partial charge in [0.15, 0.2) is 11.4 Å². The molecule has 8 N–H and O–H groups in total. The second kappa shape index (κ2) is 8.03. The predicted molar refractivity (Wildman–Crippen MR) is 136 cm³/mol. The summed E-state index contributed by atoms with van der Waals surface area (Å²) in [7, 11) is 3.05. The third kappa shape index (κ3) is 3.04. The number of carbonyl (C=O) groups is 3. The van der Waals surface area contributed by atoms with Crippen LogP contribution >= 0.6 is 0 Å². The van der Waals surface area contributed by atoms with Crippen LogP contribution in [0.1, 0.15) is 42.5 Å². The van der Waals surface area contributed by atoms with Crippen molar-refractivity contribution in [3.63, 3.8) is 0 Å². The molecule has 1 saturated carbocycles. The summed E-state index contributed by atoms with van der Waals surface area (Å²) in [6, 6.07) is -1.56. The lowest BCUT2D eigenvalue weighted by atomic mass is 9.57. The molecule has 6 atom stereocenters. The Labute approximate surface area is 223 Å². The molecule has 0 spiro atoms. The lowest BCUT2D eigenvalue weighted by Gasteiger charge is -2.50. The first-order valence-corrected chi connectivity index (χ1v) is 12.9. The normalized spacial score (nSPS) is 35.2.